The van der Waals surface area contributed by atoms with Crippen molar-refractivity contribution in [3.05, 3.63) is 35.2 Å². The van der Waals surface area contributed by atoms with Gasteiger partial charge in [-0.25, -0.2) is 4.79 Å². The lowest BCUT2D eigenvalue weighted by molar-refractivity contribution is 0.0365. The molecule has 3 amide bonds. The van der Waals surface area contributed by atoms with Crippen LogP contribution < -0.4 is 15.4 Å². The van der Waals surface area contributed by atoms with Crippen molar-refractivity contribution < 1.29 is 24.0 Å². The molecular weight excluding hydrogens is 426 g/mol. The standard InChI is InChI=1S/C23H33N5O5/c1-13-10-28(14(2)12-29)22(30)17-8-7-9-18(21(17)32-19(13)11-27(5)6)24-23(31)25-20-15(3)26-33-16(20)4/h7-9,13-14,19,29H,10-12H2,1-6H3,(H2,24,25,31)/t13-,14-,19+/m0/s1. The molecule has 0 unspecified atom stereocenters. The molecule has 3 rings (SSSR count). The number of nitrogens with zero attached hydrogens (tertiary/aromatic N) is 3. The molecule has 33 heavy (non-hydrogen) atoms. The third-order valence-corrected chi connectivity index (χ3v) is 5.76. The first-order valence-corrected chi connectivity index (χ1v) is 11.0. The van der Waals surface area contributed by atoms with Crippen LogP contribution in [0, 0.1) is 19.8 Å². The van der Waals surface area contributed by atoms with Gasteiger partial charge in [0.05, 0.1) is 23.9 Å². The van der Waals surface area contributed by atoms with Crippen LogP contribution >= 0.6 is 0 Å². The van der Waals surface area contributed by atoms with Crippen molar-refractivity contribution in [2.45, 2.75) is 39.8 Å². The molecule has 0 radical (unpaired) electrons. The minimum absolute atomic E-state index is 0.0114. The second kappa shape index (κ2) is 10.2. The lowest BCUT2D eigenvalue weighted by atomic mass is 9.99. The lowest BCUT2D eigenvalue weighted by Gasteiger charge is -2.38. The van der Waals surface area contributed by atoms with E-state index in [2.05, 4.69) is 15.8 Å². The van der Waals surface area contributed by atoms with Crippen LogP contribution in [-0.4, -0.2) is 77.9 Å². The number of hydrogen-bond donors (Lipinski definition) is 3. The highest BCUT2D eigenvalue weighted by molar-refractivity contribution is 6.04. The fourth-order valence-corrected chi connectivity index (χ4v) is 3.85. The van der Waals surface area contributed by atoms with E-state index in [9.17, 15) is 14.7 Å². The lowest BCUT2D eigenvalue weighted by Crippen LogP contribution is -2.49. The maximum absolute atomic E-state index is 13.4. The zero-order valence-corrected chi connectivity index (χ0v) is 20.0. The van der Waals surface area contributed by atoms with Gasteiger partial charge in [0.25, 0.3) is 5.91 Å². The number of rotatable bonds is 6. The molecule has 0 saturated heterocycles. The molecule has 0 aliphatic carbocycles. The van der Waals surface area contributed by atoms with Crippen molar-refractivity contribution in [1.82, 2.24) is 15.0 Å². The number of carbonyl (C=O) groups excluding carboxylic acids is 2. The van der Waals surface area contributed by atoms with Gasteiger partial charge in [0.1, 0.15) is 17.5 Å². The van der Waals surface area contributed by atoms with Crippen LogP contribution in [0.5, 0.6) is 5.75 Å². The Morgan fingerprint density at radius 2 is 2.06 bits per heavy atom. The van der Waals surface area contributed by atoms with Crippen LogP contribution in [0.15, 0.2) is 22.7 Å². The summed E-state index contributed by atoms with van der Waals surface area (Å²) in [5.41, 5.74) is 1.76. The Kier molecular flexibility index (Phi) is 7.60. The molecule has 3 atom stereocenters. The second-order valence-corrected chi connectivity index (χ2v) is 8.85. The monoisotopic (exact) mass is 459 g/mol. The topological polar surface area (TPSA) is 120 Å². The molecule has 3 N–H and O–H groups in total. The van der Waals surface area contributed by atoms with Gasteiger partial charge in [0.2, 0.25) is 0 Å². The van der Waals surface area contributed by atoms with Crippen molar-refractivity contribution >= 4 is 23.3 Å². The highest BCUT2D eigenvalue weighted by Crippen LogP contribution is 2.35. The Balaban J connectivity index is 1.98. The molecule has 1 aromatic heterocycles. The van der Waals surface area contributed by atoms with Gasteiger partial charge in [-0.3, -0.25) is 4.79 Å². The number of aliphatic hydroxyl groups is 1. The number of fused-ring (bicyclic) bond motifs is 1. The fraction of sp³-hybridized carbons (Fsp3) is 0.522. The predicted octanol–water partition coefficient (Wildman–Crippen LogP) is 2.72. The van der Waals surface area contributed by atoms with E-state index >= 15 is 0 Å². The van der Waals surface area contributed by atoms with E-state index in [1.54, 1.807) is 36.9 Å². The summed E-state index contributed by atoms with van der Waals surface area (Å²) in [7, 11) is 3.91. The van der Waals surface area contributed by atoms with Crippen molar-refractivity contribution in [1.29, 1.82) is 0 Å². The number of ether oxygens (including phenoxy) is 1. The number of nitrogens with one attached hydrogen (secondary N) is 2. The van der Waals surface area contributed by atoms with Crippen LogP contribution in [0.2, 0.25) is 0 Å². The predicted molar refractivity (Wildman–Crippen MR) is 125 cm³/mol. The minimum atomic E-state index is -0.506. The summed E-state index contributed by atoms with van der Waals surface area (Å²) >= 11 is 0. The van der Waals surface area contributed by atoms with E-state index < -0.39 is 6.03 Å². The van der Waals surface area contributed by atoms with Crippen molar-refractivity contribution in [2.75, 3.05) is 44.4 Å². The van der Waals surface area contributed by atoms with Crippen molar-refractivity contribution in [3.8, 4) is 5.75 Å². The van der Waals surface area contributed by atoms with E-state index in [0.29, 0.717) is 47.2 Å². The van der Waals surface area contributed by atoms with Crippen LogP contribution in [0.3, 0.4) is 0 Å². The van der Waals surface area contributed by atoms with Gasteiger partial charge in [-0.15, -0.1) is 0 Å². The summed E-state index contributed by atoms with van der Waals surface area (Å²) in [4.78, 5) is 29.9. The third kappa shape index (κ3) is 5.45. The Labute approximate surface area is 193 Å². The maximum atomic E-state index is 13.4. The number of benzene rings is 1. The summed E-state index contributed by atoms with van der Waals surface area (Å²) in [6, 6.07) is 4.20. The zero-order chi connectivity index (χ0) is 24.3. The molecule has 10 nitrogen and oxygen atoms in total. The Morgan fingerprint density at radius 3 is 2.67 bits per heavy atom. The van der Waals surface area contributed by atoms with E-state index in [1.807, 2.05) is 32.8 Å². The van der Waals surface area contributed by atoms with Crippen LogP contribution in [0.4, 0.5) is 16.2 Å². The first-order valence-electron chi connectivity index (χ1n) is 11.0. The van der Waals surface area contributed by atoms with Gasteiger partial charge in [-0.2, -0.15) is 0 Å². The Bertz CT molecular complexity index is 986. The molecule has 1 aliphatic heterocycles. The highest BCUT2D eigenvalue weighted by atomic mass is 16.5. The number of likely N-dealkylation sites (N-methyl/N-ethyl adjacent to an activating group) is 1. The SMILES string of the molecule is Cc1noc(C)c1NC(=O)Nc1cccc2c1O[C@H](CN(C)C)[C@@H](C)CN([C@@H](C)CO)C2=O. The molecule has 180 valence electrons. The van der Waals surface area contributed by atoms with Crippen molar-refractivity contribution in [3.63, 3.8) is 0 Å². The van der Waals surface area contributed by atoms with Crippen LogP contribution in [0.25, 0.3) is 0 Å². The molecule has 2 aromatic rings. The number of aliphatic hydroxyl groups excluding tert-OH is 1. The number of carbonyl (C=O) groups is 2. The molecule has 2 heterocycles. The van der Waals surface area contributed by atoms with Gasteiger partial charge >= 0.3 is 6.03 Å². The molecule has 0 spiro atoms. The van der Waals surface area contributed by atoms with Gasteiger partial charge in [0.15, 0.2) is 11.5 Å². The largest absolute Gasteiger partial charge is 0.486 e. The molecule has 1 aliphatic rings. The molecule has 0 fully saturated rings. The Morgan fingerprint density at radius 1 is 1.33 bits per heavy atom. The van der Waals surface area contributed by atoms with Crippen LogP contribution in [-0.2, 0) is 0 Å². The average Bonchev–Trinajstić information content (AvgIpc) is 3.07. The number of aryl methyl sites for hydroxylation is 2. The number of para-hydroxylation sites is 1. The quantitative estimate of drug-likeness (QED) is 0.607. The third-order valence-electron chi connectivity index (χ3n) is 5.76. The number of anilines is 2. The van der Waals surface area contributed by atoms with Gasteiger partial charge < -0.3 is 34.8 Å². The molecule has 0 bridgehead atoms. The van der Waals surface area contributed by atoms with Gasteiger partial charge in [0, 0.05) is 19.0 Å². The number of aromatic nitrogens is 1. The summed E-state index contributed by atoms with van der Waals surface area (Å²) in [6.45, 7) is 8.19. The summed E-state index contributed by atoms with van der Waals surface area (Å²) in [5, 5.41) is 19.1. The molecule has 10 heteroatoms. The normalized spacial score (nSPS) is 19.4. The molecule has 0 saturated carbocycles. The van der Waals surface area contributed by atoms with Gasteiger partial charge in [-0.1, -0.05) is 18.1 Å². The van der Waals surface area contributed by atoms with Gasteiger partial charge in [-0.05, 0) is 47.0 Å². The summed E-state index contributed by atoms with van der Waals surface area (Å²) in [5.74, 6) is 0.537. The summed E-state index contributed by atoms with van der Waals surface area (Å²) < 4.78 is 11.5. The molecule has 1 aromatic carbocycles. The molecular formula is C23H33N5O5. The fourth-order valence-electron chi connectivity index (χ4n) is 3.85. The van der Waals surface area contributed by atoms with E-state index in [4.69, 9.17) is 9.26 Å². The second-order valence-electron chi connectivity index (χ2n) is 8.85. The summed E-state index contributed by atoms with van der Waals surface area (Å²) in [6.07, 6.45) is -0.242. The van der Waals surface area contributed by atoms with E-state index in [-0.39, 0.29) is 30.6 Å². The van der Waals surface area contributed by atoms with Crippen LogP contribution in [0.1, 0.15) is 35.7 Å². The maximum Gasteiger partial charge on any atom is 0.323 e. The van der Waals surface area contributed by atoms with Crippen molar-refractivity contribution in [2.24, 2.45) is 5.92 Å². The number of hydrogen-bond acceptors (Lipinski definition) is 7. The Hall–Kier alpha value is -3.11. The smallest absolute Gasteiger partial charge is 0.323 e. The minimum Gasteiger partial charge on any atom is -0.486 e. The average molecular weight is 460 g/mol. The van der Waals surface area contributed by atoms with E-state index in [0.717, 1.165) is 0 Å². The first kappa shape index (κ1) is 24.5. The zero-order valence-electron chi connectivity index (χ0n) is 20.0. The first-order chi connectivity index (χ1) is 15.6. The highest BCUT2D eigenvalue weighted by Gasteiger charge is 2.34. The number of amides is 3. The number of urea groups is 1. The van der Waals surface area contributed by atoms with E-state index in [1.165, 1.54) is 0 Å².